The Morgan fingerprint density at radius 1 is 0.450 bits per heavy atom. The molecule has 33 heteroatoms. The smallest absolute Gasteiger partial charge is 0.488 e. The van der Waals surface area contributed by atoms with Crippen LogP contribution in [0.4, 0.5) is 27.0 Å². The molecule has 9 aromatic rings. The predicted octanol–water partition coefficient (Wildman–Crippen LogP) is 17.6. The number of amides is 2. The summed E-state index contributed by atoms with van der Waals surface area (Å²) in [5, 5.41) is 27.3. The molecule has 29 nitrogen and oxygen atoms in total. The van der Waals surface area contributed by atoms with Crippen LogP contribution in [0.15, 0.2) is 165 Å². The van der Waals surface area contributed by atoms with Crippen LogP contribution < -0.4 is 34.4 Å². The Morgan fingerprint density at radius 2 is 0.786 bits per heavy atom. The Labute approximate surface area is 783 Å². The van der Waals surface area contributed by atoms with E-state index in [-0.39, 0.29) is 47.4 Å². The Morgan fingerprint density at radius 3 is 1.15 bits per heavy atom. The molecule has 0 radical (unpaired) electrons. The summed E-state index contributed by atoms with van der Waals surface area (Å²) in [5.74, 6) is 5.83. The lowest BCUT2D eigenvalue weighted by Gasteiger charge is -2.40. The topological polar surface area (TPSA) is 319 Å². The minimum Gasteiger partial charge on any atom is -0.491 e. The second kappa shape index (κ2) is 48.7. The van der Waals surface area contributed by atoms with Crippen LogP contribution in [-0.2, 0) is 32.5 Å². The third-order valence-electron chi connectivity index (χ3n) is 23.5. The van der Waals surface area contributed by atoms with E-state index in [9.17, 15) is 14.7 Å². The van der Waals surface area contributed by atoms with Gasteiger partial charge in [-0.15, -0.1) is 0 Å². The van der Waals surface area contributed by atoms with E-state index < -0.39 is 53.2 Å². The molecule has 3 atom stereocenters. The lowest BCUT2D eigenvalue weighted by atomic mass is 9.81. The second-order valence-corrected chi connectivity index (χ2v) is 48.3. The van der Waals surface area contributed by atoms with Gasteiger partial charge in [-0.1, -0.05) is 91.3 Å². The quantitative estimate of drug-likeness (QED) is 0.0268. The van der Waals surface area contributed by atoms with E-state index in [1.54, 1.807) is 60.8 Å². The van der Waals surface area contributed by atoms with Crippen LogP contribution in [0.25, 0.3) is 56.5 Å². The summed E-state index contributed by atoms with van der Waals surface area (Å²) in [6.07, 6.45) is 15.5. The highest BCUT2D eigenvalue weighted by Crippen LogP contribution is 2.41. The molecule has 0 bridgehead atoms. The first-order chi connectivity index (χ1) is 61.9. The van der Waals surface area contributed by atoms with Crippen molar-refractivity contribution in [2.75, 3.05) is 122 Å². The van der Waals surface area contributed by atoms with Crippen molar-refractivity contribution in [1.29, 1.82) is 0 Å². The average molecular weight is 1860 g/mol. The van der Waals surface area contributed by atoms with Crippen molar-refractivity contribution in [1.82, 2.24) is 54.7 Å². The molecule has 710 valence electrons. The maximum absolute atomic E-state index is 12.8. The number of carbonyl (C=O) groups excluding carboxylic acids is 2. The molecule has 3 aromatic carbocycles. The lowest BCUT2D eigenvalue weighted by Crippen LogP contribution is -2.49. The highest BCUT2D eigenvalue weighted by molar-refractivity contribution is 6.74. The number of aromatic nitrogens is 9. The van der Waals surface area contributed by atoms with Gasteiger partial charge in [-0.25, -0.2) is 39.5 Å². The fraction of sp³-hybridized carbons (Fsp3) is 0.520. The molecule has 9 heterocycles. The van der Waals surface area contributed by atoms with Gasteiger partial charge in [0.1, 0.15) is 65.7 Å². The molecule has 3 unspecified atom stereocenters. The van der Waals surface area contributed by atoms with Gasteiger partial charge >= 0.3 is 19.3 Å². The monoisotopic (exact) mass is 1850 g/mol. The molecular formula is C98H140BClN14O15Si2. The van der Waals surface area contributed by atoms with Crippen molar-refractivity contribution >= 4 is 70.5 Å². The third-order valence-corrected chi connectivity index (χ3v) is 32.8. The highest BCUT2D eigenvalue weighted by atomic mass is 35.5. The van der Waals surface area contributed by atoms with Crippen molar-refractivity contribution in [2.24, 2.45) is 0 Å². The van der Waals surface area contributed by atoms with Crippen LogP contribution in [0, 0.1) is 0 Å². The number of carbonyl (C=O) groups is 2. The summed E-state index contributed by atoms with van der Waals surface area (Å²) >= 11 is 6.38. The first kappa shape index (κ1) is 105. The number of hydrogen-bond donors (Lipinski definition) is 3. The summed E-state index contributed by atoms with van der Waals surface area (Å²) in [6, 6.07) is 41.4. The maximum Gasteiger partial charge on any atom is 0.488 e. The second-order valence-electron chi connectivity index (χ2n) is 38.4. The van der Waals surface area contributed by atoms with E-state index in [4.69, 9.17) is 88.3 Å². The number of ether oxygens (including phenoxy) is 8. The van der Waals surface area contributed by atoms with Crippen LogP contribution in [0.5, 0.6) is 17.2 Å². The van der Waals surface area contributed by atoms with Crippen molar-refractivity contribution in [3.05, 3.63) is 170 Å². The van der Waals surface area contributed by atoms with Gasteiger partial charge in [0.05, 0.1) is 48.5 Å². The minimum atomic E-state index is -2.18. The van der Waals surface area contributed by atoms with Gasteiger partial charge in [0.2, 0.25) is 5.28 Å². The molecule has 0 spiro atoms. The number of halogens is 1. The fourth-order valence-corrected chi connectivity index (χ4v) is 16.8. The molecular weight excluding hydrogens is 1720 g/mol. The van der Waals surface area contributed by atoms with Crippen molar-refractivity contribution < 1.29 is 71.5 Å². The predicted molar refractivity (Wildman–Crippen MR) is 524 cm³/mol. The summed E-state index contributed by atoms with van der Waals surface area (Å²) < 4.78 is 59.9. The first-order valence-corrected chi connectivity index (χ1v) is 51.5. The number of benzene rings is 3. The molecule has 3 aliphatic heterocycles. The molecule has 12 rings (SSSR count). The zero-order valence-electron chi connectivity index (χ0n) is 80.9. The van der Waals surface area contributed by atoms with Crippen molar-refractivity contribution in [2.45, 2.75) is 225 Å². The van der Waals surface area contributed by atoms with Gasteiger partial charge in [-0.3, -0.25) is 15.0 Å². The van der Waals surface area contributed by atoms with Crippen molar-refractivity contribution in [3.63, 3.8) is 0 Å². The van der Waals surface area contributed by atoms with E-state index in [1.165, 1.54) is 12.4 Å². The molecule has 3 fully saturated rings. The third kappa shape index (κ3) is 33.4. The van der Waals surface area contributed by atoms with Gasteiger partial charge in [-0.2, -0.15) is 0 Å². The van der Waals surface area contributed by atoms with Crippen LogP contribution in [0.2, 0.25) is 41.5 Å². The Kier molecular flexibility index (Phi) is 39.0. The van der Waals surface area contributed by atoms with Gasteiger partial charge in [0.15, 0.2) is 28.3 Å². The van der Waals surface area contributed by atoms with Crippen LogP contribution in [0.1, 0.15) is 141 Å². The van der Waals surface area contributed by atoms with Crippen LogP contribution in [-0.4, -0.2) is 261 Å². The number of rotatable bonds is 31. The molecule has 131 heavy (non-hydrogen) atoms. The summed E-state index contributed by atoms with van der Waals surface area (Å²) in [5.41, 5.74) is 6.20. The van der Waals surface area contributed by atoms with Crippen LogP contribution in [0.3, 0.4) is 0 Å². The number of anilines is 3. The molecule has 3 saturated heterocycles. The number of nitrogens with zero attached hydrogens (tertiary/aromatic N) is 14. The normalized spacial score (nSPS) is 14.9. The molecule has 6 aromatic heterocycles. The number of hydrogen-bond acceptors (Lipinski definition) is 27. The van der Waals surface area contributed by atoms with E-state index in [0.717, 1.165) is 148 Å². The minimum absolute atomic E-state index is 0.00252. The molecule has 0 saturated carbocycles. The lowest BCUT2D eigenvalue weighted by molar-refractivity contribution is 0.0166. The molecule has 3 aliphatic rings. The molecule has 2 amide bonds. The highest BCUT2D eigenvalue weighted by Gasteiger charge is 2.42. The maximum atomic E-state index is 12.8. The van der Waals surface area contributed by atoms with E-state index in [2.05, 4.69) is 121 Å². The van der Waals surface area contributed by atoms with Gasteiger partial charge in [-0.05, 0) is 213 Å². The van der Waals surface area contributed by atoms with Gasteiger partial charge in [0.25, 0.3) is 0 Å². The Bertz CT molecular complexity index is 5000. The van der Waals surface area contributed by atoms with Gasteiger partial charge < -0.3 is 86.4 Å². The fourth-order valence-electron chi connectivity index (χ4n) is 13.9. The van der Waals surface area contributed by atoms with E-state index in [1.807, 2.05) is 171 Å². The number of aliphatic hydroxyl groups is 1. The summed E-state index contributed by atoms with van der Waals surface area (Å²) in [4.78, 5) is 76.1. The zero-order chi connectivity index (χ0) is 95.4. The number of likely N-dealkylation sites (N-methyl/N-ethyl adjacent to an activating group) is 2. The summed E-state index contributed by atoms with van der Waals surface area (Å²) in [7, 11) is 3.96. The number of pyridine rings is 3. The standard InChI is InChI=1S/C36H53N5O5Si.C31H49ClN4O5Si.C26H32N4O3.C5H6BNO2/c1-35(2,3)45-34(42)40(7)24-30(46-47(9,10)36(4,5)6)25-44-29-13-11-12-27(22-29)33-38-31(26-14-18-37-19-15-26)23-32(39-33)41(8)28-16-20-43-21-17-28;1-30(2,3)40-29(37)35(7)20-25(41-42(9,10)31(4,5)6)21-39-24-13-11-12-22(18-24)26-19-27(34-28(32)33-26)36(8)23-14-16-38-17-15-23;1-3-5-22(31)18-33-23-7-4-6-20(16-23)24-17-25(30(2)21-10-14-32-15-11-21)29-26(28-24)19-8-12-27-13-9-19;8-6(9)5-1-3-7-4-2-5/h11-15,18-19,22-23,28,30H,16-17,20-21,24-25H2,1-10H3;11-13,18-19,23,25H,14-17,20-21H2,1-10H3;4,6-9,12-13,16-17,21-22,31H,3,5,10-11,14-15,18H2,1-2H3;1-4,8-9H. The van der Waals surface area contributed by atoms with Crippen molar-refractivity contribution in [3.8, 4) is 73.8 Å². The first-order valence-electron chi connectivity index (χ1n) is 45.3. The average Bonchev–Trinajstić information content (AvgIpc) is 0.805. The largest absolute Gasteiger partial charge is 0.491 e. The Hall–Kier alpha value is -9.84. The van der Waals surface area contributed by atoms with Crippen LogP contribution >= 0.6 is 11.6 Å². The van der Waals surface area contributed by atoms with E-state index in [0.29, 0.717) is 71.3 Å². The molecule has 3 N–H and O–H groups in total. The summed E-state index contributed by atoms with van der Waals surface area (Å²) in [6.45, 7) is 41.2. The number of aliphatic hydroxyl groups excluding tert-OH is 1. The Balaban J connectivity index is 0.000000213. The van der Waals surface area contributed by atoms with E-state index >= 15 is 0 Å². The molecule has 0 aliphatic carbocycles. The SMILES string of the molecule is CCCC(O)COc1cccc(-c2cc(N(C)C3CCOCC3)nc(-c3ccncc3)n2)c1.CN(CC(COc1cccc(-c2cc(N(C)C3CCOCC3)nc(Cl)n2)c1)O[Si](C)(C)C(C)(C)C)C(=O)OC(C)(C)C.CN(CC(COc1cccc(-c2nc(-c3ccncc3)cc(N(C)C3CCOCC3)n2)c1)O[Si](C)(C)C(C)(C)C)C(=O)OC(C)(C)C.OB(O)c1ccncc1. The van der Waals surface area contributed by atoms with Gasteiger partial charge in [0, 0.05) is 176 Å². The zero-order valence-corrected chi connectivity index (χ0v) is 83.7.